The van der Waals surface area contributed by atoms with Gasteiger partial charge in [-0.25, -0.2) is 4.79 Å². The molecule has 0 aliphatic carbocycles. The Morgan fingerprint density at radius 2 is 1.20 bits per heavy atom. The minimum atomic E-state index is -0.735. The summed E-state index contributed by atoms with van der Waals surface area (Å²) in [6.07, 6.45) is 0. The third kappa shape index (κ3) is 6.34. The van der Waals surface area contributed by atoms with Gasteiger partial charge in [-0.1, -0.05) is 65.7 Å². The number of carbonyl (C=O) groups is 1. The van der Waals surface area contributed by atoms with E-state index < -0.39 is 11.6 Å². The predicted octanol–water partition coefficient (Wildman–Crippen LogP) is 7.26. The molecule has 0 saturated heterocycles. The number of hydrogen-bond donors (Lipinski definition) is 0. The van der Waals surface area contributed by atoms with Crippen LogP contribution in [0.25, 0.3) is 0 Å². The summed E-state index contributed by atoms with van der Waals surface area (Å²) in [6, 6.07) is 35.2. The van der Waals surface area contributed by atoms with Gasteiger partial charge in [0.1, 0.15) is 11.4 Å². The van der Waals surface area contributed by atoms with Crippen LogP contribution in [-0.2, 0) is 26.0 Å². The zero-order valence-electron chi connectivity index (χ0n) is 20.7. The molecule has 4 rings (SSSR count). The first-order valence-electron chi connectivity index (χ1n) is 11.7. The largest absolute Gasteiger partial charge is 0.482 e. The standard InChI is InChI=1S/C31H31O3S/c1-23-19-24(2)21-25(20-23)31(3,4)34-30(32)22-33-26-15-17-29(18-16-26)35(27-11-7-5-8-12-27)28-13-9-6-10-14-28/h5-21H,22H2,1-4H3/q+1. The van der Waals surface area contributed by atoms with Crippen LogP contribution in [0, 0.1) is 13.8 Å². The molecule has 178 valence electrons. The van der Waals surface area contributed by atoms with Crippen molar-refractivity contribution in [1.82, 2.24) is 0 Å². The fraction of sp³-hybridized carbons (Fsp3) is 0.194. The molecule has 0 spiro atoms. The lowest BCUT2D eigenvalue weighted by Crippen LogP contribution is -2.28. The highest BCUT2D eigenvalue weighted by Crippen LogP contribution is 2.32. The summed E-state index contributed by atoms with van der Waals surface area (Å²) in [5.41, 5.74) is 2.53. The quantitative estimate of drug-likeness (QED) is 0.195. The van der Waals surface area contributed by atoms with Gasteiger partial charge >= 0.3 is 5.97 Å². The first kappa shape index (κ1) is 24.6. The topological polar surface area (TPSA) is 35.5 Å². The van der Waals surface area contributed by atoms with Crippen LogP contribution >= 0.6 is 0 Å². The second kappa shape index (κ2) is 10.8. The van der Waals surface area contributed by atoms with Gasteiger partial charge in [0.05, 0.1) is 10.9 Å². The molecular formula is C31H31O3S+. The number of carbonyl (C=O) groups excluding carboxylic acids is 1. The normalized spacial score (nSPS) is 11.3. The second-order valence-corrected chi connectivity index (χ2v) is 11.1. The van der Waals surface area contributed by atoms with E-state index in [1.165, 1.54) is 14.7 Å². The zero-order chi connectivity index (χ0) is 24.8. The molecule has 35 heavy (non-hydrogen) atoms. The highest BCUT2D eigenvalue weighted by atomic mass is 32.2. The molecule has 3 nitrogen and oxygen atoms in total. The van der Waals surface area contributed by atoms with Gasteiger partial charge in [-0.15, -0.1) is 0 Å². The van der Waals surface area contributed by atoms with E-state index in [0.717, 1.165) is 16.7 Å². The highest BCUT2D eigenvalue weighted by molar-refractivity contribution is 7.97. The number of benzene rings is 4. The fourth-order valence-corrected chi connectivity index (χ4v) is 6.11. The number of rotatable bonds is 8. The lowest BCUT2D eigenvalue weighted by molar-refractivity contribution is -0.159. The Bertz CT molecular complexity index is 1210. The molecule has 0 heterocycles. The van der Waals surface area contributed by atoms with E-state index in [9.17, 15) is 4.79 Å². The number of esters is 1. The van der Waals surface area contributed by atoms with Crippen molar-refractivity contribution in [2.24, 2.45) is 0 Å². The van der Waals surface area contributed by atoms with Crippen molar-refractivity contribution in [2.75, 3.05) is 6.61 Å². The molecule has 0 aliphatic rings. The lowest BCUT2D eigenvalue weighted by Gasteiger charge is -2.26. The van der Waals surface area contributed by atoms with E-state index >= 15 is 0 Å². The van der Waals surface area contributed by atoms with Crippen LogP contribution in [0.15, 0.2) is 118 Å². The number of hydrogen-bond acceptors (Lipinski definition) is 3. The van der Waals surface area contributed by atoms with E-state index in [-0.39, 0.29) is 17.5 Å². The fourth-order valence-electron chi connectivity index (χ4n) is 4.03. The molecular weight excluding hydrogens is 452 g/mol. The van der Waals surface area contributed by atoms with E-state index in [1.807, 2.05) is 52.0 Å². The van der Waals surface area contributed by atoms with Crippen molar-refractivity contribution < 1.29 is 14.3 Å². The summed E-state index contributed by atoms with van der Waals surface area (Å²) in [5.74, 6) is 0.242. The van der Waals surface area contributed by atoms with Gasteiger partial charge in [0.15, 0.2) is 21.3 Å². The molecule has 0 N–H and O–H groups in total. The van der Waals surface area contributed by atoms with Crippen LogP contribution in [0.5, 0.6) is 5.75 Å². The molecule has 0 radical (unpaired) electrons. The molecule has 4 aromatic carbocycles. The smallest absolute Gasteiger partial charge is 0.345 e. The maximum atomic E-state index is 12.6. The predicted molar refractivity (Wildman–Crippen MR) is 142 cm³/mol. The van der Waals surface area contributed by atoms with Gasteiger partial charge < -0.3 is 9.47 Å². The summed E-state index contributed by atoms with van der Waals surface area (Å²) in [4.78, 5) is 16.3. The number of ether oxygens (including phenoxy) is 2. The third-order valence-corrected chi connectivity index (χ3v) is 7.89. The molecule has 4 heteroatoms. The molecule has 0 unspecified atom stereocenters. The molecule has 0 amide bonds. The van der Waals surface area contributed by atoms with E-state index in [2.05, 4.69) is 78.9 Å². The minimum Gasteiger partial charge on any atom is -0.482 e. The van der Waals surface area contributed by atoms with Gasteiger partial charge in [-0.2, -0.15) is 0 Å². The SMILES string of the molecule is Cc1cc(C)cc(C(C)(C)OC(=O)COc2ccc([S+](c3ccccc3)c3ccccc3)cc2)c1. The average molecular weight is 484 g/mol. The Hall–Kier alpha value is -3.50. The van der Waals surface area contributed by atoms with Crippen LogP contribution in [0.3, 0.4) is 0 Å². The maximum absolute atomic E-state index is 12.6. The average Bonchev–Trinajstić information content (AvgIpc) is 2.84. The Morgan fingerprint density at radius 1 is 0.714 bits per heavy atom. The molecule has 0 fully saturated rings. The van der Waals surface area contributed by atoms with Crippen LogP contribution < -0.4 is 4.74 Å². The summed E-state index contributed by atoms with van der Waals surface area (Å²) in [6.45, 7) is 7.75. The van der Waals surface area contributed by atoms with Gasteiger partial charge in [0, 0.05) is 0 Å². The van der Waals surface area contributed by atoms with Crippen molar-refractivity contribution in [2.45, 2.75) is 48.0 Å². The Morgan fingerprint density at radius 3 is 1.71 bits per heavy atom. The Labute approximate surface area is 211 Å². The molecule has 0 atom stereocenters. The minimum absolute atomic E-state index is 0.142. The first-order chi connectivity index (χ1) is 16.8. The van der Waals surface area contributed by atoms with E-state index in [0.29, 0.717) is 5.75 Å². The van der Waals surface area contributed by atoms with Crippen molar-refractivity contribution in [1.29, 1.82) is 0 Å². The van der Waals surface area contributed by atoms with Crippen molar-refractivity contribution in [3.05, 3.63) is 120 Å². The Kier molecular flexibility index (Phi) is 7.62. The summed E-state index contributed by atoms with van der Waals surface area (Å²) in [5, 5.41) is 0. The molecule has 0 saturated carbocycles. The summed E-state index contributed by atoms with van der Waals surface area (Å²) in [7, 11) is -0.221. The van der Waals surface area contributed by atoms with Crippen molar-refractivity contribution in [3.8, 4) is 5.75 Å². The van der Waals surface area contributed by atoms with Gasteiger partial charge in [-0.05, 0) is 81.8 Å². The maximum Gasteiger partial charge on any atom is 0.345 e. The monoisotopic (exact) mass is 483 g/mol. The van der Waals surface area contributed by atoms with Crippen LogP contribution in [0.2, 0.25) is 0 Å². The molecule has 0 aliphatic heterocycles. The van der Waals surface area contributed by atoms with Crippen molar-refractivity contribution >= 4 is 16.9 Å². The number of aryl methyl sites for hydroxylation is 2. The lowest BCUT2D eigenvalue weighted by atomic mass is 9.94. The molecule has 0 aromatic heterocycles. The first-order valence-corrected chi connectivity index (χ1v) is 12.9. The molecule has 0 bridgehead atoms. The van der Waals surface area contributed by atoms with Crippen molar-refractivity contribution in [3.63, 3.8) is 0 Å². The van der Waals surface area contributed by atoms with Crippen LogP contribution in [0.4, 0.5) is 0 Å². The van der Waals surface area contributed by atoms with E-state index in [4.69, 9.17) is 9.47 Å². The second-order valence-electron chi connectivity index (χ2n) is 9.05. The Balaban J connectivity index is 1.44. The van der Waals surface area contributed by atoms with Gasteiger partial charge in [0.25, 0.3) is 0 Å². The van der Waals surface area contributed by atoms with Gasteiger partial charge in [-0.3, -0.25) is 0 Å². The molecule has 4 aromatic rings. The van der Waals surface area contributed by atoms with Crippen LogP contribution in [0.1, 0.15) is 30.5 Å². The summed E-state index contributed by atoms with van der Waals surface area (Å²) >= 11 is 0. The van der Waals surface area contributed by atoms with E-state index in [1.54, 1.807) is 0 Å². The third-order valence-electron chi connectivity index (χ3n) is 5.66. The van der Waals surface area contributed by atoms with Gasteiger partial charge in [0.2, 0.25) is 0 Å². The zero-order valence-corrected chi connectivity index (χ0v) is 21.5. The van der Waals surface area contributed by atoms with Crippen LogP contribution in [-0.4, -0.2) is 12.6 Å². The summed E-state index contributed by atoms with van der Waals surface area (Å²) < 4.78 is 11.5. The highest BCUT2D eigenvalue weighted by Gasteiger charge is 2.29.